The molecule has 2 fully saturated rings. The molecule has 2 aliphatic carbocycles. The Hall–Kier alpha value is -0.550. The Kier molecular flexibility index (Phi) is 2.78. The third kappa shape index (κ3) is 1.66. The van der Waals surface area contributed by atoms with Crippen LogP contribution in [0.2, 0.25) is 0 Å². The Bertz CT molecular complexity index is 237. The minimum atomic E-state index is -0.186. The van der Waals surface area contributed by atoms with Gasteiger partial charge in [0.15, 0.2) is 0 Å². The van der Waals surface area contributed by atoms with Gasteiger partial charge in [0.2, 0.25) is 0 Å². The van der Waals surface area contributed by atoms with Crippen LogP contribution in [0.5, 0.6) is 0 Å². The van der Waals surface area contributed by atoms with Crippen LogP contribution >= 0.6 is 0 Å². The average Bonchev–Trinajstić information content (AvgIpc) is 2.79. The summed E-state index contributed by atoms with van der Waals surface area (Å²) in [6.45, 7) is 2.22. The molecule has 2 heteroatoms. The highest BCUT2D eigenvalue weighted by atomic mass is 15.0. The molecule has 0 aliphatic heterocycles. The maximum Gasteiger partial charge on any atom is 0.109 e. The van der Waals surface area contributed by atoms with E-state index in [2.05, 4.69) is 18.3 Å². The van der Waals surface area contributed by atoms with E-state index in [0.29, 0.717) is 12.0 Å². The summed E-state index contributed by atoms with van der Waals surface area (Å²) in [7, 11) is 0. The first-order valence-corrected chi connectivity index (χ1v) is 5.96. The second kappa shape index (κ2) is 3.90. The normalized spacial score (nSPS) is 38.7. The average molecular weight is 192 g/mol. The molecule has 0 saturated heterocycles. The summed E-state index contributed by atoms with van der Waals surface area (Å²) in [5, 5.41) is 13.0. The van der Waals surface area contributed by atoms with Crippen molar-refractivity contribution in [3.05, 3.63) is 0 Å². The van der Waals surface area contributed by atoms with Gasteiger partial charge >= 0.3 is 0 Å². The second-order valence-corrected chi connectivity index (χ2v) is 5.00. The number of rotatable bonds is 2. The third-order valence-corrected chi connectivity index (χ3v) is 4.07. The molecule has 1 N–H and O–H groups in total. The molecule has 0 bridgehead atoms. The van der Waals surface area contributed by atoms with Crippen molar-refractivity contribution in [1.82, 2.24) is 5.32 Å². The van der Waals surface area contributed by atoms with E-state index in [1.807, 2.05) is 0 Å². The molecule has 2 saturated carbocycles. The van der Waals surface area contributed by atoms with Crippen LogP contribution in [0.15, 0.2) is 0 Å². The van der Waals surface area contributed by atoms with Gasteiger partial charge in [0.05, 0.1) is 6.07 Å². The summed E-state index contributed by atoms with van der Waals surface area (Å²) in [6.07, 6.45) is 8.72. The van der Waals surface area contributed by atoms with Crippen LogP contribution in [0.4, 0.5) is 0 Å². The van der Waals surface area contributed by atoms with E-state index < -0.39 is 0 Å². The number of nitrogens with one attached hydrogen (secondary N) is 1. The summed E-state index contributed by atoms with van der Waals surface area (Å²) in [4.78, 5) is 0. The fourth-order valence-electron chi connectivity index (χ4n) is 3.03. The van der Waals surface area contributed by atoms with E-state index in [1.54, 1.807) is 0 Å². The number of hydrogen-bond acceptors (Lipinski definition) is 2. The van der Waals surface area contributed by atoms with E-state index in [9.17, 15) is 5.26 Å². The Labute approximate surface area is 86.7 Å². The van der Waals surface area contributed by atoms with Gasteiger partial charge in [-0.25, -0.2) is 0 Å². The maximum absolute atomic E-state index is 9.33. The SMILES string of the molecule is CC1CCCC1(C#N)NC1CCCC1. The van der Waals surface area contributed by atoms with E-state index >= 15 is 0 Å². The standard InChI is InChI=1S/C12H20N2/c1-10-5-4-8-12(10,9-13)14-11-6-2-3-7-11/h10-11,14H,2-8H2,1H3. The van der Waals surface area contributed by atoms with E-state index in [0.717, 1.165) is 6.42 Å². The first-order chi connectivity index (χ1) is 6.77. The topological polar surface area (TPSA) is 35.8 Å². The molecule has 2 atom stereocenters. The zero-order valence-corrected chi connectivity index (χ0v) is 9.05. The van der Waals surface area contributed by atoms with E-state index in [-0.39, 0.29) is 5.54 Å². The smallest absolute Gasteiger partial charge is 0.109 e. The molecule has 0 aromatic carbocycles. The maximum atomic E-state index is 9.33. The van der Waals surface area contributed by atoms with Gasteiger partial charge in [0.25, 0.3) is 0 Å². The molecule has 14 heavy (non-hydrogen) atoms. The largest absolute Gasteiger partial charge is 0.296 e. The molecule has 0 radical (unpaired) electrons. The van der Waals surface area contributed by atoms with E-state index in [1.165, 1.54) is 38.5 Å². The summed E-state index contributed by atoms with van der Waals surface area (Å²) in [5.41, 5.74) is -0.186. The quantitative estimate of drug-likeness (QED) is 0.730. The van der Waals surface area contributed by atoms with Gasteiger partial charge in [-0.15, -0.1) is 0 Å². The lowest BCUT2D eigenvalue weighted by molar-refractivity contribution is 0.297. The van der Waals surface area contributed by atoms with Gasteiger partial charge in [-0.3, -0.25) is 5.32 Å². The summed E-state index contributed by atoms with van der Waals surface area (Å²) in [5.74, 6) is 0.535. The first kappa shape index (κ1) is 9.98. The van der Waals surface area contributed by atoms with Crippen molar-refractivity contribution in [2.75, 3.05) is 0 Å². The number of hydrogen-bond donors (Lipinski definition) is 1. The van der Waals surface area contributed by atoms with Gasteiger partial charge in [-0.1, -0.05) is 26.2 Å². The minimum absolute atomic E-state index is 0.186. The molecule has 0 aromatic heterocycles. The van der Waals surface area contributed by atoms with Gasteiger partial charge in [-0.2, -0.15) is 5.26 Å². The molecule has 2 unspecified atom stereocenters. The van der Waals surface area contributed by atoms with Crippen molar-refractivity contribution in [3.8, 4) is 6.07 Å². The van der Waals surface area contributed by atoms with Crippen molar-refractivity contribution < 1.29 is 0 Å². The van der Waals surface area contributed by atoms with Crippen LogP contribution in [0.3, 0.4) is 0 Å². The molecule has 78 valence electrons. The van der Waals surface area contributed by atoms with Crippen LogP contribution in [0.25, 0.3) is 0 Å². The Balaban J connectivity index is 2.01. The van der Waals surface area contributed by atoms with Crippen molar-refractivity contribution in [3.63, 3.8) is 0 Å². The summed E-state index contributed by atoms with van der Waals surface area (Å²) in [6, 6.07) is 3.16. The second-order valence-electron chi connectivity index (χ2n) is 5.00. The van der Waals surface area contributed by atoms with Gasteiger partial charge in [-0.05, 0) is 31.6 Å². The zero-order valence-electron chi connectivity index (χ0n) is 9.05. The van der Waals surface area contributed by atoms with Crippen molar-refractivity contribution in [2.45, 2.75) is 63.5 Å². The van der Waals surface area contributed by atoms with Crippen LogP contribution in [-0.2, 0) is 0 Å². The summed E-state index contributed by atoms with van der Waals surface area (Å²) < 4.78 is 0. The van der Waals surface area contributed by atoms with Crippen LogP contribution in [0.1, 0.15) is 51.9 Å². The van der Waals surface area contributed by atoms with E-state index in [4.69, 9.17) is 0 Å². The summed E-state index contributed by atoms with van der Waals surface area (Å²) >= 11 is 0. The zero-order chi connectivity index (χ0) is 10.0. The Morgan fingerprint density at radius 1 is 1.21 bits per heavy atom. The molecule has 2 nitrogen and oxygen atoms in total. The highest BCUT2D eigenvalue weighted by Gasteiger charge is 2.42. The van der Waals surface area contributed by atoms with Crippen LogP contribution < -0.4 is 5.32 Å². The number of nitrogens with zero attached hydrogens (tertiary/aromatic N) is 1. The van der Waals surface area contributed by atoms with Gasteiger partial charge in [0, 0.05) is 6.04 Å². The molecule has 0 amide bonds. The Morgan fingerprint density at radius 2 is 1.93 bits per heavy atom. The molecule has 2 aliphatic rings. The predicted molar refractivity (Wildman–Crippen MR) is 56.8 cm³/mol. The predicted octanol–water partition coefficient (Wildman–Crippen LogP) is 2.60. The highest BCUT2D eigenvalue weighted by molar-refractivity contribution is 5.14. The molecular weight excluding hydrogens is 172 g/mol. The monoisotopic (exact) mass is 192 g/mol. The van der Waals surface area contributed by atoms with Crippen molar-refractivity contribution in [1.29, 1.82) is 5.26 Å². The van der Waals surface area contributed by atoms with Crippen LogP contribution in [0, 0.1) is 17.2 Å². The fraction of sp³-hybridized carbons (Fsp3) is 0.917. The van der Waals surface area contributed by atoms with Crippen molar-refractivity contribution >= 4 is 0 Å². The third-order valence-electron chi connectivity index (χ3n) is 4.07. The van der Waals surface area contributed by atoms with Crippen LogP contribution in [-0.4, -0.2) is 11.6 Å². The lowest BCUT2D eigenvalue weighted by Gasteiger charge is -2.31. The lowest BCUT2D eigenvalue weighted by atomic mass is 9.89. The number of nitriles is 1. The molecule has 0 spiro atoms. The highest BCUT2D eigenvalue weighted by Crippen LogP contribution is 2.36. The van der Waals surface area contributed by atoms with Crippen molar-refractivity contribution in [2.24, 2.45) is 5.92 Å². The molecule has 0 aromatic rings. The van der Waals surface area contributed by atoms with Gasteiger partial charge in [0.1, 0.15) is 5.54 Å². The van der Waals surface area contributed by atoms with Gasteiger partial charge < -0.3 is 0 Å². The molecule has 0 heterocycles. The fourth-order valence-corrected chi connectivity index (χ4v) is 3.03. The molecular formula is C12H20N2. The minimum Gasteiger partial charge on any atom is -0.296 e. The molecule has 2 rings (SSSR count). The lowest BCUT2D eigenvalue weighted by Crippen LogP contribution is -2.50. The first-order valence-electron chi connectivity index (χ1n) is 5.96. The Morgan fingerprint density at radius 3 is 2.43 bits per heavy atom.